The van der Waals surface area contributed by atoms with Gasteiger partial charge in [-0.1, -0.05) is 53.5 Å². The van der Waals surface area contributed by atoms with Gasteiger partial charge in [-0.05, 0) is 72.3 Å². The first-order chi connectivity index (χ1) is 17.2. The van der Waals surface area contributed by atoms with E-state index in [9.17, 15) is 18.0 Å². The van der Waals surface area contributed by atoms with E-state index in [0.29, 0.717) is 21.2 Å². The second kappa shape index (κ2) is 11.0. The van der Waals surface area contributed by atoms with Gasteiger partial charge in [0.2, 0.25) is 0 Å². The molecule has 0 unspecified atom stereocenters. The Morgan fingerprint density at radius 3 is 2.39 bits per heavy atom. The third-order valence-corrected chi connectivity index (χ3v) is 7.89. The molecular formula is C25H19Cl2NO6S2. The van der Waals surface area contributed by atoms with E-state index in [1.165, 1.54) is 24.3 Å². The highest BCUT2D eigenvalue weighted by atomic mass is 35.5. The maximum absolute atomic E-state index is 12.9. The number of rotatable bonds is 8. The van der Waals surface area contributed by atoms with Crippen LogP contribution in [0.15, 0.2) is 76.5 Å². The third kappa shape index (κ3) is 5.87. The smallest absolute Gasteiger partial charge is 0.339 e. The molecule has 3 aromatic carbocycles. The van der Waals surface area contributed by atoms with Crippen molar-refractivity contribution in [2.45, 2.75) is 18.4 Å². The lowest BCUT2D eigenvalue weighted by Gasteiger charge is -2.13. The largest absolute Gasteiger partial charge is 0.490 e. The highest BCUT2D eigenvalue weighted by Crippen LogP contribution is 2.36. The summed E-state index contributed by atoms with van der Waals surface area (Å²) in [6.07, 6.45) is 1.54. The molecule has 0 spiro atoms. The molecule has 11 heteroatoms. The number of thioether (sulfide) groups is 1. The van der Waals surface area contributed by atoms with Gasteiger partial charge >= 0.3 is 10.1 Å². The number of hydrogen-bond donors (Lipinski definition) is 0. The van der Waals surface area contributed by atoms with Crippen LogP contribution in [0.25, 0.3) is 6.08 Å². The molecule has 4 rings (SSSR count). The van der Waals surface area contributed by atoms with E-state index < -0.39 is 21.3 Å². The first-order valence-electron chi connectivity index (χ1n) is 10.6. The highest BCUT2D eigenvalue weighted by Gasteiger charge is 2.35. The van der Waals surface area contributed by atoms with Crippen LogP contribution in [0.3, 0.4) is 0 Å². The molecule has 0 aromatic heterocycles. The van der Waals surface area contributed by atoms with Gasteiger partial charge in [-0.25, -0.2) is 0 Å². The van der Waals surface area contributed by atoms with Crippen molar-refractivity contribution in [1.82, 2.24) is 4.90 Å². The molecule has 3 aromatic rings. The Labute approximate surface area is 222 Å². The van der Waals surface area contributed by atoms with Crippen LogP contribution in [-0.4, -0.2) is 31.1 Å². The van der Waals surface area contributed by atoms with E-state index in [0.717, 1.165) is 16.7 Å². The number of ether oxygens (including phenoxy) is 1. The maximum atomic E-state index is 12.9. The average molecular weight is 564 g/mol. The number of hydrogen-bond acceptors (Lipinski definition) is 7. The number of carbonyl (C=O) groups excluding carboxylic acids is 2. The molecule has 1 aliphatic rings. The Balaban J connectivity index is 1.57. The Bertz CT molecular complexity index is 1460. The number of imide groups is 1. The quantitative estimate of drug-likeness (QED) is 0.231. The van der Waals surface area contributed by atoms with Gasteiger partial charge in [0.15, 0.2) is 11.5 Å². The predicted molar refractivity (Wildman–Crippen MR) is 140 cm³/mol. The topological polar surface area (TPSA) is 90.0 Å². The summed E-state index contributed by atoms with van der Waals surface area (Å²) >= 11 is 12.8. The minimum atomic E-state index is -4.07. The highest BCUT2D eigenvalue weighted by molar-refractivity contribution is 8.18. The summed E-state index contributed by atoms with van der Waals surface area (Å²) in [6.45, 7) is 2.05. The third-order valence-electron chi connectivity index (χ3n) is 5.00. The Hall–Kier alpha value is -2.98. The number of benzene rings is 3. The Morgan fingerprint density at radius 2 is 1.69 bits per heavy atom. The number of amides is 2. The van der Waals surface area contributed by atoms with Gasteiger partial charge in [-0.3, -0.25) is 14.5 Å². The van der Waals surface area contributed by atoms with Crippen molar-refractivity contribution >= 4 is 62.3 Å². The molecule has 0 aliphatic carbocycles. The van der Waals surface area contributed by atoms with Gasteiger partial charge in [0.25, 0.3) is 11.1 Å². The minimum absolute atomic E-state index is 0.00516. The summed E-state index contributed by atoms with van der Waals surface area (Å²) in [4.78, 5) is 26.8. The molecule has 0 saturated carbocycles. The second-order valence-electron chi connectivity index (χ2n) is 7.51. The lowest BCUT2D eigenvalue weighted by atomic mass is 10.1. The molecule has 1 fully saturated rings. The summed E-state index contributed by atoms with van der Waals surface area (Å²) < 4.78 is 36.2. The van der Waals surface area contributed by atoms with Gasteiger partial charge in [0, 0.05) is 0 Å². The molecule has 0 atom stereocenters. The maximum Gasteiger partial charge on any atom is 0.339 e. The van der Waals surface area contributed by atoms with Gasteiger partial charge < -0.3 is 8.92 Å². The lowest BCUT2D eigenvalue weighted by Crippen LogP contribution is -2.27. The van der Waals surface area contributed by atoms with Crippen LogP contribution in [0.5, 0.6) is 11.5 Å². The summed E-state index contributed by atoms with van der Waals surface area (Å²) in [5.41, 5.74) is 1.19. The molecule has 0 bridgehead atoms. The first kappa shape index (κ1) is 26.1. The Morgan fingerprint density at radius 1 is 0.944 bits per heavy atom. The van der Waals surface area contributed by atoms with Gasteiger partial charge in [0.05, 0.1) is 28.1 Å². The lowest BCUT2D eigenvalue weighted by molar-refractivity contribution is -0.123. The fourth-order valence-electron chi connectivity index (χ4n) is 3.31. The number of nitrogens with zero attached hydrogens (tertiary/aromatic N) is 1. The van der Waals surface area contributed by atoms with Crippen molar-refractivity contribution in [3.05, 3.63) is 92.8 Å². The average Bonchev–Trinajstić information content (AvgIpc) is 3.11. The summed E-state index contributed by atoms with van der Waals surface area (Å²) in [5, 5.41) is 0.288. The van der Waals surface area contributed by atoms with Crippen LogP contribution in [0.1, 0.15) is 18.1 Å². The molecule has 1 saturated heterocycles. The van der Waals surface area contributed by atoms with Crippen LogP contribution < -0.4 is 8.92 Å². The predicted octanol–water partition coefficient (Wildman–Crippen LogP) is 6.40. The molecule has 2 amide bonds. The van der Waals surface area contributed by atoms with Crippen molar-refractivity contribution in [3.63, 3.8) is 0 Å². The summed E-state index contributed by atoms with van der Waals surface area (Å²) in [5.74, 6) is -0.271. The van der Waals surface area contributed by atoms with Gasteiger partial charge in [0.1, 0.15) is 4.90 Å². The molecule has 7 nitrogen and oxygen atoms in total. The SMILES string of the molecule is CCOc1cc(/C=C2\SC(=O)N(Cc3ccc(Cl)c(Cl)c3)C2=O)ccc1OS(=O)(=O)c1ccccc1. The van der Waals surface area contributed by atoms with Crippen LogP contribution in [0.4, 0.5) is 4.79 Å². The monoisotopic (exact) mass is 563 g/mol. The summed E-state index contributed by atoms with van der Waals surface area (Å²) in [6, 6.07) is 17.2. The second-order valence-corrected chi connectivity index (χ2v) is 10.9. The van der Waals surface area contributed by atoms with Crippen molar-refractivity contribution in [2.75, 3.05) is 6.61 Å². The van der Waals surface area contributed by atoms with Crippen LogP contribution in [0.2, 0.25) is 10.0 Å². The normalized spacial score (nSPS) is 15.0. The summed E-state index contributed by atoms with van der Waals surface area (Å²) in [7, 11) is -4.07. The molecule has 186 valence electrons. The van der Waals surface area contributed by atoms with Crippen LogP contribution in [0, 0.1) is 0 Å². The molecular weight excluding hydrogens is 545 g/mol. The number of carbonyl (C=O) groups is 2. The minimum Gasteiger partial charge on any atom is -0.490 e. The molecule has 0 N–H and O–H groups in total. The van der Waals surface area contributed by atoms with Crippen LogP contribution in [-0.2, 0) is 21.5 Å². The molecule has 1 aliphatic heterocycles. The molecule has 0 radical (unpaired) electrons. The molecule has 1 heterocycles. The van der Waals surface area contributed by atoms with Crippen molar-refractivity contribution in [2.24, 2.45) is 0 Å². The van der Waals surface area contributed by atoms with Gasteiger partial charge in [-0.15, -0.1) is 0 Å². The van der Waals surface area contributed by atoms with Crippen molar-refractivity contribution in [1.29, 1.82) is 0 Å². The van der Waals surface area contributed by atoms with E-state index in [4.69, 9.17) is 32.1 Å². The molecule has 36 heavy (non-hydrogen) atoms. The van der Waals surface area contributed by atoms with E-state index in [-0.39, 0.29) is 34.5 Å². The number of halogens is 2. The van der Waals surface area contributed by atoms with E-state index in [1.54, 1.807) is 55.5 Å². The standard InChI is InChI=1S/C25H19Cl2NO6S2/c1-2-33-22-13-16(9-11-21(22)34-36(31,32)18-6-4-3-5-7-18)14-23-24(29)28(25(30)35-23)15-17-8-10-19(26)20(27)12-17/h3-14H,2,15H2,1H3/b23-14-. The van der Waals surface area contributed by atoms with Crippen LogP contribution >= 0.6 is 35.0 Å². The zero-order chi connectivity index (χ0) is 25.9. The van der Waals surface area contributed by atoms with E-state index >= 15 is 0 Å². The van der Waals surface area contributed by atoms with E-state index in [1.807, 2.05) is 0 Å². The van der Waals surface area contributed by atoms with Crippen molar-refractivity contribution in [3.8, 4) is 11.5 Å². The van der Waals surface area contributed by atoms with Gasteiger partial charge in [-0.2, -0.15) is 8.42 Å². The first-order valence-corrected chi connectivity index (χ1v) is 13.6. The fraction of sp³-hybridized carbons (Fsp3) is 0.120. The fourth-order valence-corrected chi connectivity index (χ4v) is 5.43. The Kier molecular flexibility index (Phi) is 7.94. The zero-order valence-corrected chi connectivity index (χ0v) is 22.0. The van der Waals surface area contributed by atoms with Crippen molar-refractivity contribution < 1.29 is 26.9 Å². The zero-order valence-electron chi connectivity index (χ0n) is 18.8. The van der Waals surface area contributed by atoms with E-state index in [2.05, 4.69) is 0 Å².